The molecular formula is C19H23N3O3. The lowest BCUT2D eigenvalue weighted by atomic mass is 9.90. The monoisotopic (exact) mass is 341 g/mol. The zero-order valence-electron chi connectivity index (χ0n) is 14.1. The van der Waals surface area contributed by atoms with Crippen molar-refractivity contribution < 1.29 is 14.7 Å². The van der Waals surface area contributed by atoms with Crippen LogP contribution < -0.4 is 16.4 Å². The van der Waals surface area contributed by atoms with Crippen LogP contribution in [0.3, 0.4) is 0 Å². The Morgan fingerprint density at radius 3 is 2.28 bits per heavy atom. The second-order valence-corrected chi connectivity index (χ2v) is 6.12. The van der Waals surface area contributed by atoms with Crippen molar-refractivity contribution in [2.75, 3.05) is 0 Å². The van der Waals surface area contributed by atoms with Crippen LogP contribution in [0.2, 0.25) is 0 Å². The van der Waals surface area contributed by atoms with Gasteiger partial charge in [0, 0.05) is 0 Å². The minimum atomic E-state index is -1.07. The van der Waals surface area contributed by atoms with Crippen LogP contribution in [0, 0.1) is 0 Å². The molecule has 0 radical (unpaired) electrons. The summed E-state index contributed by atoms with van der Waals surface area (Å²) in [5, 5.41) is 15.0. The van der Waals surface area contributed by atoms with Crippen molar-refractivity contribution in [3.63, 3.8) is 0 Å². The van der Waals surface area contributed by atoms with Crippen LogP contribution in [-0.2, 0) is 22.6 Å². The van der Waals surface area contributed by atoms with Crippen molar-refractivity contribution in [2.45, 2.75) is 31.7 Å². The van der Waals surface area contributed by atoms with Gasteiger partial charge in [0.25, 0.3) is 0 Å². The normalized spacial score (nSPS) is 14.3. The Balaban J connectivity index is 2.24. The molecule has 132 valence electrons. The molecule has 0 saturated carbocycles. The van der Waals surface area contributed by atoms with Gasteiger partial charge in [0.1, 0.15) is 11.7 Å². The zero-order chi connectivity index (χ0) is 18.3. The molecule has 2 aromatic carbocycles. The Morgan fingerprint density at radius 1 is 1.16 bits per heavy atom. The van der Waals surface area contributed by atoms with E-state index in [4.69, 9.17) is 10.8 Å². The van der Waals surface area contributed by atoms with Crippen LogP contribution in [0.5, 0.6) is 0 Å². The highest BCUT2D eigenvalue weighted by Crippen LogP contribution is 2.19. The number of nitrogens with two attached hydrogens (primary N) is 1. The van der Waals surface area contributed by atoms with E-state index >= 15 is 0 Å². The molecule has 0 spiro atoms. The van der Waals surface area contributed by atoms with Crippen molar-refractivity contribution >= 4 is 12.3 Å². The maximum atomic E-state index is 12.1. The molecular weight excluding hydrogens is 318 g/mol. The van der Waals surface area contributed by atoms with Crippen LogP contribution in [0.15, 0.2) is 54.6 Å². The Kier molecular flexibility index (Phi) is 6.27. The number of rotatable bonds is 9. The third-order valence-electron chi connectivity index (χ3n) is 4.14. The van der Waals surface area contributed by atoms with Crippen molar-refractivity contribution in [1.82, 2.24) is 10.6 Å². The molecule has 0 saturated heterocycles. The second kappa shape index (κ2) is 8.41. The molecule has 0 bridgehead atoms. The van der Waals surface area contributed by atoms with E-state index in [-0.39, 0.29) is 6.61 Å². The Morgan fingerprint density at radius 2 is 1.76 bits per heavy atom. The largest absolute Gasteiger partial charge is 0.392 e. The van der Waals surface area contributed by atoms with E-state index in [0.717, 1.165) is 16.7 Å². The number of aliphatic hydroxyl groups excluding tert-OH is 1. The molecule has 0 aliphatic heterocycles. The number of carbonyl (C=O) groups is 2. The van der Waals surface area contributed by atoms with E-state index in [0.29, 0.717) is 12.8 Å². The van der Waals surface area contributed by atoms with Gasteiger partial charge in [-0.1, -0.05) is 54.6 Å². The van der Waals surface area contributed by atoms with Gasteiger partial charge in [0.15, 0.2) is 0 Å². The van der Waals surface area contributed by atoms with E-state index in [2.05, 4.69) is 10.6 Å². The van der Waals surface area contributed by atoms with Gasteiger partial charge in [-0.25, -0.2) is 0 Å². The maximum Gasteiger partial charge on any atom is 0.237 e. The molecule has 0 aliphatic carbocycles. The number of amides is 2. The lowest BCUT2D eigenvalue weighted by Crippen LogP contribution is -2.58. The van der Waals surface area contributed by atoms with Gasteiger partial charge in [-0.2, -0.15) is 0 Å². The van der Waals surface area contributed by atoms with E-state index in [1.807, 2.05) is 42.5 Å². The Labute approximate surface area is 147 Å². The van der Waals surface area contributed by atoms with Crippen LogP contribution in [0.1, 0.15) is 29.8 Å². The molecule has 5 N–H and O–H groups in total. The maximum absolute atomic E-state index is 12.1. The average molecular weight is 341 g/mol. The molecule has 0 heterocycles. The van der Waals surface area contributed by atoms with Gasteiger partial charge in [-0.3, -0.25) is 14.9 Å². The van der Waals surface area contributed by atoms with Crippen molar-refractivity contribution in [3.8, 4) is 0 Å². The van der Waals surface area contributed by atoms with Gasteiger partial charge >= 0.3 is 0 Å². The smallest absolute Gasteiger partial charge is 0.237 e. The lowest BCUT2D eigenvalue weighted by molar-refractivity contribution is -0.124. The molecule has 25 heavy (non-hydrogen) atoms. The molecule has 0 aromatic heterocycles. The first-order valence-electron chi connectivity index (χ1n) is 7.99. The molecule has 2 rings (SSSR count). The second-order valence-electron chi connectivity index (χ2n) is 6.12. The van der Waals surface area contributed by atoms with Gasteiger partial charge in [0.05, 0.1) is 6.61 Å². The number of hydrogen-bond donors (Lipinski definition) is 4. The quantitative estimate of drug-likeness (QED) is 0.403. The van der Waals surface area contributed by atoms with Crippen molar-refractivity contribution in [2.24, 2.45) is 5.73 Å². The van der Waals surface area contributed by atoms with Gasteiger partial charge < -0.3 is 16.2 Å². The minimum Gasteiger partial charge on any atom is -0.392 e. The summed E-state index contributed by atoms with van der Waals surface area (Å²) in [5.74, 6) is -0.521. The van der Waals surface area contributed by atoms with Crippen molar-refractivity contribution in [1.29, 1.82) is 0 Å². The first-order chi connectivity index (χ1) is 12.0. The zero-order valence-corrected chi connectivity index (χ0v) is 14.1. The molecule has 2 atom stereocenters. The molecule has 0 unspecified atom stereocenters. The summed E-state index contributed by atoms with van der Waals surface area (Å²) >= 11 is 0. The van der Waals surface area contributed by atoms with Crippen LogP contribution in [0.25, 0.3) is 0 Å². The fraction of sp³-hybridized carbons (Fsp3) is 0.263. The summed E-state index contributed by atoms with van der Waals surface area (Å²) in [6, 6.07) is 16.6. The van der Waals surface area contributed by atoms with E-state index in [1.165, 1.54) is 0 Å². The molecule has 0 aliphatic rings. The molecule has 2 amide bonds. The Bertz CT molecular complexity index is 704. The summed E-state index contributed by atoms with van der Waals surface area (Å²) in [6.07, 6.45) is 0.382. The third kappa shape index (κ3) is 4.89. The predicted octanol–water partition coefficient (Wildman–Crippen LogP) is 1.000. The molecule has 6 heteroatoms. The van der Waals surface area contributed by atoms with E-state index in [9.17, 15) is 9.59 Å². The third-order valence-corrected chi connectivity index (χ3v) is 4.14. The predicted molar refractivity (Wildman–Crippen MR) is 95.2 cm³/mol. The summed E-state index contributed by atoms with van der Waals surface area (Å²) in [4.78, 5) is 23.1. The number of benzene rings is 2. The first kappa shape index (κ1) is 18.6. The number of aliphatic hydroxyl groups is 1. The van der Waals surface area contributed by atoms with Gasteiger partial charge in [0.2, 0.25) is 12.3 Å². The molecule has 2 aromatic rings. The van der Waals surface area contributed by atoms with E-state index < -0.39 is 17.6 Å². The number of carbonyl (C=O) groups excluding carboxylic acids is 2. The molecule has 6 nitrogen and oxygen atoms in total. The van der Waals surface area contributed by atoms with Crippen LogP contribution in [-0.4, -0.2) is 23.0 Å². The lowest BCUT2D eigenvalue weighted by Gasteiger charge is -2.32. The summed E-state index contributed by atoms with van der Waals surface area (Å²) in [6.45, 7) is 1.67. The van der Waals surface area contributed by atoms with Gasteiger partial charge in [-0.15, -0.1) is 0 Å². The van der Waals surface area contributed by atoms with Crippen molar-refractivity contribution in [3.05, 3.63) is 71.3 Å². The fourth-order valence-corrected chi connectivity index (χ4v) is 2.63. The highest BCUT2D eigenvalue weighted by molar-refractivity contribution is 5.84. The highest BCUT2D eigenvalue weighted by Gasteiger charge is 2.34. The summed E-state index contributed by atoms with van der Waals surface area (Å²) in [7, 11) is 0. The summed E-state index contributed by atoms with van der Waals surface area (Å²) in [5.41, 5.74) is 7.07. The highest BCUT2D eigenvalue weighted by atomic mass is 16.3. The number of primary amides is 1. The standard InChI is InChI=1S/C19H23N3O3/c1-19(18(20)25,11-14-7-9-15(12-23)10-8-14)22-17(21-13-24)16-5-3-2-4-6-16/h2-10,13,17,22-23H,11-12H2,1H3,(H2,20,25)(H,21,24)/t17-,19+/m1/s1. The fourth-order valence-electron chi connectivity index (χ4n) is 2.63. The molecule has 0 fully saturated rings. The first-order valence-corrected chi connectivity index (χ1v) is 7.99. The van der Waals surface area contributed by atoms with Crippen LogP contribution in [0.4, 0.5) is 0 Å². The minimum absolute atomic E-state index is 0.0368. The van der Waals surface area contributed by atoms with E-state index in [1.54, 1.807) is 19.1 Å². The average Bonchev–Trinajstić information content (AvgIpc) is 2.62. The number of nitrogens with one attached hydrogen (secondary N) is 2. The van der Waals surface area contributed by atoms with Gasteiger partial charge in [-0.05, 0) is 30.0 Å². The van der Waals surface area contributed by atoms with Crippen LogP contribution >= 0.6 is 0 Å². The number of hydrogen-bond acceptors (Lipinski definition) is 4. The summed E-state index contributed by atoms with van der Waals surface area (Å²) < 4.78 is 0. The SMILES string of the molecule is C[C@@](Cc1ccc(CO)cc1)(N[C@@H](NC=O)c1ccccc1)C(N)=O. The topological polar surface area (TPSA) is 104 Å². The Hall–Kier alpha value is -2.70.